The molecule has 1 aromatic rings. The van der Waals surface area contributed by atoms with Crippen LogP contribution in [0.2, 0.25) is 0 Å². The van der Waals surface area contributed by atoms with Crippen molar-refractivity contribution in [2.75, 3.05) is 19.0 Å². The van der Waals surface area contributed by atoms with Crippen molar-refractivity contribution in [3.8, 4) is 0 Å². The number of fused-ring (bicyclic) bond motifs is 1. The summed E-state index contributed by atoms with van der Waals surface area (Å²) >= 11 is 0. The fourth-order valence-corrected chi connectivity index (χ4v) is 1.44. The van der Waals surface area contributed by atoms with E-state index in [1.807, 2.05) is 6.92 Å². The number of aromatic nitrogens is 3. The van der Waals surface area contributed by atoms with Gasteiger partial charge < -0.3 is 10.1 Å². The molecule has 6 nitrogen and oxygen atoms in total. The van der Waals surface area contributed by atoms with E-state index in [0.717, 1.165) is 13.0 Å². The maximum Gasteiger partial charge on any atom is 0.378 e. The van der Waals surface area contributed by atoms with Gasteiger partial charge in [0.1, 0.15) is 0 Å². The first-order valence-corrected chi connectivity index (χ1v) is 4.51. The monoisotopic (exact) mass is 196 g/mol. The first-order valence-electron chi connectivity index (χ1n) is 4.51. The van der Waals surface area contributed by atoms with Crippen LogP contribution in [0.3, 0.4) is 0 Å². The zero-order valence-corrected chi connectivity index (χ0v) is 8.15. The molecular weight excluding hydrogens is 184 g/mol. The molecule has 14 heavy (non-hydrogen) atoms. The van der Waals surface area contributed by atoms with Crippen molar-refractivity contribution >= 4 is 11.9 Å². The Hall–Kier alpha value is -1.59. The smallest absolute Gasteiger partial charge is 0.378 e. The molecule has 0 saturated carbocycles. The molecule has 0 amide bonds. The molecule has 1 atom stereocenters. The fraction of sp³-hybridized carbons (Fsp3) is 0.625. The summed E-state index contributed by atoms with van der Waals surface area (Å²) in [5, 5.41) is 7.15. The van der Waals surface area contributed by atoms with Crippen molar-refractivity contribution in [1.29, 1.82) is 0 Å². The molecular formula is C8H12N4O2. The van der Waals surface area contributed by atoms with Gasteiger partial charge in [-0.25, -0.2) is 9.48 Å². The van der Waals surface area contributed by atoms with E-state index in [1.165, 1.54) is 7.11 Å². The van der Waals surface area contributed by atoms with E-state index >= 15 is 0 Å². The van der Waals surface area contributed by atoms with E-state index < -0.39 is 5.97 Å². The molecule has 0 aliphatic carbocycles. The van der Waals surface area contributed by atoms with Gasteiger partial charge in [-0.15, -0.1) is 5.10 Å². The topological polar surface area (TPSA) is 69.0 Å². The Morgan fingerprint density at radius 2 is 2.50 bits per heavy atom. The van der Waals surface area contributed by atoms with E-state index in [4.69, 9.17) is 0 Å². The number of rotatable bonds is 1. The highest BCUT2D eigenvalue weighted by atomic mass is 16.5. The Morgan fingerprint density at radius 3 is 3.14 bits per heavy atom. The first kappa shape index (κ1) is 8.98. The molecule has 0 bridgehead atoms. The van der Waals surface area contributed by atoms with Crippen LogP contribution in [0.1, 0.15) is 30.0 Å². The Bertz CT molecular complexity index is 360. The number of carbonyl (C=O) groups excluding carboxylic acids is 1. The Kier molecular flexibility index (Phi) is 2.11. The molecule has 1 aliphatic rings. The second-order valence-electron chi connectivity index (χ2n) is 3.26. The molecule has 0 spiro atoms. The van der Waals surface area contributed by atoms with Gasteiger partial charge in [0.15, 0.2) is 0 Å². The zero-order valence-electron chi connectivity index (χ0n) is 8.15. The van der Waals surface area contributed by atoms with Gasteiger partial charge in [-0.05, 0) is 13.3 Å². The van der Waals surface area contributed by atoms with E-state index in [-0.39, 0.29) is 11.9 Å². The number of methoxy groups -OCH3 is 1. The molecule has 2 heterocycles. The van der Waals surface area contributed by atoms with Gasteiger partial charge in [0.05, 0.1) is 13.2 Å². The highest BCUT2D eigenvalue weighted by Gasteiger charge is 2.22. The molecule has 2 rings (SSSR count). The molecule has 0 radical (unpaired) electrons. The molecule has 76 valence electrons. The lowest BCUT2D eigenvalue weighted by molar-refractivity contribution is 0.0586. The van der Waals surface area contributed by atoms with Crippen LogP contribution in [0.15, 0.2) is 0 Å². The summed E-state index contributed by atoms with van der Waals surface area (Å²) in [5.74, 6) is 0.258. The molecule has 0 fully saturated rings. The third-order valence-corrected chi connectivity index (χ3v) is 2.26. The van der Waals surface area contributed by atoms with Crippen LogP contribution in [0, 0.1) is 0 Å². The second-order valence-corrected chi connectivity index (χ2v) is 3.26. The minimum Gasteiger partial charge on any atom is -0.463 e. The summed E-state index contributed by atoms with van der Waals surface area (Å²) in [6.07, 6.45) is 0.983. The van der Waals surface area contributed by atoms with Crippen LogP contribution >= 0.6 is 0 Å². The number of nitrogens with zero attached hydrogens (tertiary/aromatic N) is 3. The number of esters is 1. The standard InChI is InChI=1S/C8H12N4O2/c1-5-3-4-9-8-10-6(7(13)14-2)11-12(5)8/h5H,3-4H2,1-2H3,(H,9,10,11). The molecule has 1 N–H and O–H groups in total. The van der Waals surface area contributed by atoms with Gasteiger partial charge in [-0.1, -0.05) is 0 Å². The van der Waals surface area contributed by atoms with Crippen molar-refractivity contribution in [3.05, 3.63) is 5.82 Å². The quantitative estimate of drug-likeness (QED) is 0.660. The Balaban J connectivity index is 2.35. The lowest BCUT2D eigenvalue weighted by Gasteiger charge is -2.20. The van der Waals surface area contributed by atoms with Gasteiger partial charge in [-0.2, -0.15) is 4.98 Å². The minimum atomic E-state index is -0.499. The third-order valence-electron chi connectivity index (χ3n) is 2.26. The van der Waals surface area contributed by atoms with Gasteiger partial charge in [-0.3, -0.25) is 0 Å². The van der Waals surface area contributed by atoms with Crippen molar-refractivity contribution in [3.63, 3.8) is 0 Å². The molecule has 1 unspecified atom stereocenters. The van der Waals surface area contributed by atoms with Crippen LogP contribution in [0.5, 0.6) is 0 Å². The number of ether oxygens (including phenoxy) is 1. The highest BCUT2D eigenvalue weighted by Crippen LogP contribution is 2.20. The van der Waals surface area contributed by atoms with Gasteiger partial charge in [0.25, 0.3) is 5.82 Å². The zero-order chi connectivity index (χ0) is 10.1. The van der Waals surface area contributed by atoms with Crippen molar-refractivity contribution < 1.29 is 9.53 Å². The first-order chi connectivity index (χ1) is 6.72. The van der Waals surface area contributed by atoms with Gasteiger partial charge in [0, 0.05) is 6.54 Å². The van der Waals surface area contributed by atoms with Crippen molar-refractivity contribution in [2.24, 2.45) is 0 Å². The van der Waals surface area contributed by atoms with Crippen LogP contribution in [-0.2, 0) is 4.74 Å². The lowest BCUT2D eigenvalue weighted by atomic mass is 10.2. The van der Waals surface area contributed by atoms with Gasteiger partial charge >= 0.3 is 5.97 Å². The highest BCUT2D eigenvalue weighted by molar-refractivity contribution is 5.85. The number of anilines is 1. The molecule has 0 aromatic carbocycles. The normalized spacial score (nSPS) is 19.7. The van der Waals surface area contributed by atoms with Crippen LogP contribution in [0.4, 0.5) is 5.95 Å². The summed E-state index contributed by atoms with van der Waals surface area (Å²) in [7, 11) is 1.32. The summed E-state index contributed by atoms with van der Waals surface area (Å²) in [5.41, 5.74) is 0. The molecule has 1 aromatic heterocycles. The summed E-state index contributed by atoms with van der Waals surface area (Å²) in [6, 6.07) is 0.275. The number of hydrogen-bond donors (Lipinski definition) is 1. The summed E-state index contributed by atoms with van der Waals surface area (Å²) in [4.78, 5) is 15.2. The largest absolute Gasteiger partial charge is 0.463 e. The lowest BCUT2D eigenvalue weighted by Crippen LogP contribution is -2.21. The van der Waals surface area contributed by atoms with Crippen molar-refractivity contribution in [2.45, 2.75) is 19.4 Å². The SMILES string of the molecule is COC(=O)c1nc2n(n1)C(C)CCN2. The number of nitrogens with one attached hydrogen (secondary N) is 1. The van der Waals surface area contributed by atoms with E-state index in [9.17, 15) is 4.79 Å². The third kappa shape index (κ3) is 1.32. The molecule has 1 aliphatic heterocycles. The maximum absolute atomic E-state index is 11.1. The molecule has 0 saturated heterocycles. The number of hydrogen-bond acceptors (Lipinski definition) is 5. The predicted octanol–water partition coefficient (Wildman–Crippen LogP) is 0.441. The summed E-state index contributed by atoms with van der Waals surface area (Å²) < 4.78 is 6.26. The average molecular weight is 196 g/mol. The van der Waals surface area contributed by atoms with Gasteiger partial charge in [0.2, 0.25) is 5.95 Å². The molecule has 6 heteroatoms. The summed E-state index contributed by atoms with van der Waals surface area (Å²) in [6.45, 7) is 2.90. The number of carbonyl (C=O) groups is 1. The second kappa shape index (κ2) is 3.28. The fourth-order valence-electron chi connectivity index (χ4n) is 1.44. The van der Waals surface area contributed by atoms with E-state index in [0.29, 0.717) is 5.95 Å². The maximum atomic E-state index is 11.1. The van der Waals surface area contributed by atoms with E-state index in [2.05, 4.69) is 20.1 Å². The van der Waals surface area contributed by atoms with Crippen LogP contribution in [0.25, 0.3) is 0 Å². The Labute approximate surface area is 81.3 Å². The van der Waals surface area contributed by atoms with Crippen LogP contribution in [-0.4, -0.2) is 34.4 Å². The van der Waals surface area contributed by atoms with Crippen molar-refractivity contribution in [1.82, 2.24) is 14.8 Å². The Morgan fingerprint density at radius 1 is 1.71 bits per heavy atom. The van der Waals surface area contributed by atoms with Crippen LogP contribution < -0.4 is 5.32 Å². The minimum absolute atomic E-state index is 0.115. The average Bonchev–Trinajstić information content (AvgIpc) is 2.62. The van der Waals surface area contributed by atoms with E-state index in [1.54, 1.807) is 4.68 Å². The predicted molar refractivity (Wildman–Crippen MR) is 49.2 cm³/mol.